The van der Waals surface area contributed by atoms with Crippen molar-refractivity contribution in [2.24, 2.45) is 0 Å². The van der Waals surface area contributed by atoms with Gasteiger partial charge in [0.1, 0.15) is 0 Å². The fraction of sp³-hybridized carbons (Fsp3) is 1.00. The van der Waals surface area contributed by atoms with Gasteiger partial charge in [-0.15, -0.1) is 0 Å². The second-order valence-electron chi connectivity index (χ2n) is 3.37. The van der Waals surface area contributed by atoms with Gasteiger partial charge in [0.2, 0.25) is 0 Å². The largest absolute Gasteiger partial charge is 0.395 e. The Hall–Kier alpha value is -0.210. The van der Waals surface area contributed by atoms with E-state index in [2.05, 4.69) is 0 Å². The van der Waals surface area contributed by atoms with Crippen molar-refractivity contribution in [2.75, 3.05) is 32.0 Å². The van der Waals surface area contributed by atoms with Gasteiger partial charge < -0.3 is 10.2 Å². The van der Waals surface area contributed by atoms with Crippen molar-refractivity contribution in [3.8, 4) is 0 Å². The van der Waals surface area contributed by atoms with Crippen LogP contribution in [0.15, 0.2) is 0 Å². The van der Waals surface area contributed by atoms with Gasteiger partial charge in [-0.05, 0) is 6.42 Å². The number of rotatable bonds is 8. The molecule has 0 aromatic rings. The van der Waals surface area contributed by atoms with Gasteiger partial charge in [-0.1, -0.05) is 6.92 Å². The zero-order chi connectivity index (χ0) is 11.9. The van der Waals surface area contributed by atoms with Crippen molar-refractivity contribution in [3.63, 3.8) is 0 Å². The summed E-state index contributed by atoms with van der Waals surface area (Å²) in [4.78, 5) is 1.60. The lowest BCUT2D eigenvalue weighted by molar-refractivity contribution is 0.100. The Balaban J connectivity index is 4.04. The lowest BCUT2D eigenvalue weighted by Gasteiger charge is -2.22. The van der Waals surface area contributed by atoms with Crippen LogP contribution in [0.25, 0.3) is 0 Å². The molecule has 0 aliphatic heterocycles. The fourth-order valence-electron chi connectivity index (χ4n) is 1.11. The van der Waals surface area contributed by atoms with E-state index in [0.29, 0.717) is 13.0 Å². The van der Waals surface area contributed by atoms with Crippen LogP contribution in [0.1, 0.15) is 13.3 Å². The number of hydrogen-bond donors (Lipinski definition) is 3. The van der Waals surface area contributed by atoms with Crippen LogP contribution in [-0.4, -0.2) is 66.2 Å². The first-order valence-corrected chi connectivity index (χ1v) is 6.46. The summed E-state index contributed by atoms with van der Waals surface area (Å²) in [5, 5.41) is 18.1. The van der Waals surface area contributed by atoms with Crippen LogP contribution in [0.3, 0.4) is 0 Å². The monoisotopic (exact) mass is 241 g/mol. The number of hydrogen-bond acceptors (Lipinski definition) is 5. The SMILES string of the molecule is CCC(O)CN(CCO)CCS(=O)(=O)O. The van der Waals surface area contributed by atoms with Crippen LogP contribution in [0.5, 0.6) is 0 Å². The molecular formula is C8H19NO5S. The Kier molecular flexibility index (Phi) is 7.03. The average molecular weight is 241 g/mol. The highest BCUT2D eigenvalue weighted by Gasteiger charge is 2.13. The molecule has 0 saturated carbocycles. The summed E-state index contributed by atoms with van der Waals surface area (Å²) < 4.78 is 29.5. The molecule has 7 heteroatoms. The van der Waals surface area contributed by atoms with Crippen molar-refractivity contribution in [3.05, 3.63) is 0 Å². The van der Waals surface area contributed by atoms with Gasteiger partial charge in [-0.3, -0.25) is 9.45 Å². The minimum Gasteiger partial charge on any atom is -0.395 e. The highest BCUT2D eigenvalue weighted by molar-refractivity contribution is 7.85. The van der Waals surface area contributed by atoms with Crippen LogP contribution in [-0.2, 0) is 10.1 Å². The molecule has 1 unspecified atom stereocenters. The maximum absolute atomic E-state index is 10.5. The standard InChI is InChI=1S/C8H19NO5S/c1-2-8(11)7-9(3-5-10)4-6-15(12,13)14/h8,10-11H,2-7H2,1H3,(H,12,13,14). The van der Waals surface area contributed by atoms with Gasteiger partial charge in [-0.2, -0.15) is 8.42 Å². The molecule has 0 aliphatic carbocycles. The minimum atomic E-state index is -3.98. The van der Waals surface area contributed by atoms with E-state index in [1.165, 1.54) is 0 Å². The van der Waals surface area contributed by atoms with Crippen molar-refractivity contribution >= 4 is 10.1 Å². The first-order valence-electron chi connectivity index (χ1n) is 4.85. The Morgan fingerprint density at radius 2 is 1.93 bits per heavy atom. The third-order valence-electron chi connectivity index (χ3n) is 2.02. The van der Waals surface area contributed by atoms with Gasteiger partial charge in [0.25, 0.3) is 10.1 Å². The lowest BCUT2D eigenvalue weighted by atomic mass is 10.2. The summed E-state index contributed by atoms with van der Waals surface area (Å²) >= 11 is 0. The van der Waals surface area contributed by atoms with Gasteiger partial charge in [0, 0.05) is 19.6 Å². The third kappa shape index (κ3) is 8.76. The molecule has 0 rings (SSSR count). The average Bonchev–Trinajstić information content (AvgIpc) is 2.13. The van der Waals surface area contributed by atoms with E-state index in [1.54, 1.807) is 4.90 Å². The van der Waals surface area contributed by atoms with Gasteiger partial charge in [-0.25, -0.2) is 0 Å². The molecule has 0 spiro atoms. The van der Waals surface area contributed by atoms with Crippen LogP contribution < -0.4 is 0 Å². The normalized spacial score (nSPS) is 14.5. The Bertz CT molecular complexity index is 254. The first-order chi connectivity index (χ1) is 6.89. The zero-order valence-corrected chi connectivity index (χ0v) is 9.65. The van der Waals surface area contributed by atoms with Gasteiger partial charge in [0.05, 0.1) is 18.5 Å². The molecule has 0 aromatic carbocycles. The predicted octanol–water partition coefficient (Wildman–Crippen LogP) is -1.06. The maximum Gasteiger partial charge on any atom is 0.266 e. The number of aliphatic hydroxyl groups is 2. The molecule has 6 nitrogen and oxygen atoms in total. The zero-order valence-electron chi connectivity index (χ0n) is 8.83. The minimum absolute atomic E-state index is 0.108. The molecule has 0 aliphatic rings. The molecule has 0 bridgehead atoms. The quantitative estimate of drug-likeness (QED) is 0.469. The van der Waals surface area contributed by atoms with E-state index in [4.69, 9.17) is 9.66 Å². The molecule has 0 heterocycles. The van der Waals surface area contributed by atoms with Crippen molar-refractivity contribution in [1.29, 1.82) is 0 Å². The lowest BCUT2D eigenvalue weighted by Crippen LogP contribution is -2.37. The van der Waals surface area contributed by atoms with E-state index in [0.717, 1.165) is 0 Å². The summed E-state index contributed by atoms with van der Waals surface area (Å²) in [5.41, 5.74) is 0. The van der Waals surface area contributed by atoms with E-state index < -0.39 is 16.2 Å². The highest BCUT2D eigenvalue weighted by atomic mass is 32.2. The van der Waals surface area contributed by atoms with Gasteiger partial charge >= 0.3 is 0 Å². The Morgan fingerprint density at radius 1 is 1.33 bits per heavy atom. The number of nitrogens with zero attached hydrogens (tertiary/aromatic N) is 1. The third-order valence-corrected chi connectivity index (χ3v) is 2.72. The summed E-state index contributed by atoms with van der Waals surface area (Å²) in [7, 11) is -3.98. The Labute approximate surface area is 90.3 Å². The van der Waals surface area contributed by atoms with Crippen molar-refractivity contribution in [1.82, 2.24) is 4.90 Å². The second kappa shape index (κ2) is 7.13. The molecule has 92 valence electrons. The molecule has 1 atom stereocenters. The molecule has 15 heavy (non-hydrogen) atoms. The van der Waals surface area contributed by atoms with E-state index >= 15 is 0 Å². The number of aliphatic hydroxyl groups excluding tert-OH is 2. The van der Waals surface area contributed by atoms with Crippen LogP contribution in [0, 0.1) is 0 Å². The molecule has 0 radical (unpaired) electrons. The van der Waals surface area contributed by atoms with Crippen LogP contribution in [0.2, 0.25) is 0 Å². The summed E-state index contributed by atoms with van der Waals surface area (Å²) in [6.45, 7) is 2.39. The highest BCUT2D eigenvalue weighted by Crippen LogP contribution is 1.97. The van der Waals surface area contributed by atoms with E-state index in [9.17, 15) is 13.5 Å². The molecule has 0 aromatic heterocycles. The van der Waals surface area contributed by atoms with E-state index in [-0.39, 0.29) is 25.4 Å². The molecule has 0 fully saturated rings. The first kappa shape index (κ1) is 14.8. The van der Waals surface area contributed by atoms with E-state index in [1.807, 2.05) is 6.92 Å². The van der Waals surface area contributed by atoms with Crippen LogP contribution >= 0.6 is 0 Å². The molecule has 3 N–H and O–H groups in total. The maximum atomic E-state index is 10.5. The van der Waals surface area contributed by atoms with Crippen molar-refractivity contribution in [2.45, 2.75) is 19.4 Å². The second-order valence-corrected chi connectivity index (χ2v) is 4.94. The summed E-state index contributed by atoms with van der Waals surface area (Å²) in [6, 6.07) is 0. The van der Waals surface area contributed by atoms with Gasteiger partial charge in [0.15, 0.2) is 0 Å². The fourth-order valence-corrected chi connectivity index (χ4v) is 1.60. The summed E-state index contributed by atoms with van der Waals surface area (Å²) in [6.07, 6.45) is 0.0197. The predicted molar refractivity (Wildman–Crippen MR) is 56.2 cm³/mol. The molecule has 0 amide bonds. The van der Waals surface area contributed by atoms with Crippen LogP contribution in [0.4, 0.5) is 0 Å². The smallest absolute Gasteiger partial charge is 0.266 e. The Morgan fingerprint density at radius 3 is 2.33 bits per heavy atom. The molecular weight excluding hydrogens is 222 g/mol. The van der Waals surface area contributed by atoms with Crippen molar-refractivity contribution < 1.29 is 23.2 Å². The topological polar surface area (TPSA) is 98.1 Å². The summed E-state index contributed by atoms with van der Waals surface area (Å²) in [5.74, 6) is -0.385. The molecule has 0 saturated heterocycles.